The summed E-state index contributed by atoms with van der Waals surface area (Å²) in [5.74, 6) is 0.609. The number of hydrogen-bond donors (Lipinski definition) is 1. The van der Waals surface area contributed by atoms with Gasteiger partial charge in [-0.3, -0.25) is 4.79 Å². The third kappa shape index (κ3) is 4.51. The minimum atomic E-state index is -0.148. The molecule has 0 bridgehead atoms. The molecule has 106 valence electrons. The smallest absolute Gasteiger partial charge is 0.260 e. The monoisotopic (exact) mass is 328 g/mol. The van der Waals surface area contributed by atoms with Gasteiger partial charge in [0, 0.05) is 29.2 Å². The molecule has 19 heavy (non-hydrogen) atoms. The minimum absolute atomic E-state index is 0.0238. The summed E-state index contributed by atoms with van der Waals surface area (Å²) in [6.07, 6.45) is 0. The van der Waals surface area contributed by atoms with E-state index in [0.29, 0.717) is 5.75 Å². The Kier molecular flexibility index (Phi) is 5.82. The van der Waals surface area contributed by atoms with Crippen molar-refractivity contribution in [3.05, 3.63) is 28.2 Å². The van der Waals surface area contributed by atoms with E-state index >= 15 is 0 Å². The van der Waals surface area contributed by atoms with Gasteiger partial charge in [0.15, 0.2) is 6.61 Å². The standard InChI is InChI=1S/C14H21BrN2O2/c1-9(2)17(4)14(18)8-19-13-6-5-11(15)7-12(13)10(3)16/h5-7,9-10H,8,16H2,1-4H3/t10-/m1/s1. The van der Waals surface area contributed by atoms with Crippen LogP contribution in [-0.2, 0) is 4.79 Å². The zero-order valence-corrected chi connectivity index (χ0v) is 13.4. The highest BCUT2D eigenvalue weighted by Crippen LogP contribution is 2.27. The molecule has 0 radical (unpaired) electrons. The van der Waals surface area contributed by atoms with Gasteiger partial charge in [0.05, 0.1) is 0 Å². The Hall–Kier alpha value is -1.07. The van der Waals surface area contributed by atoms with Crippen LogP contribution in [0.15, 0.2) is 22.7 Å². The lowest BCUT2D eigenvalue weighted by Crippen LogP contribution is -2.36. The number of ether oxygens (including phenoxy) is 1. The van der Waals surface area contributed by atoms with Gasteiger partial charge in [-0.05, 0) is 39.0 Å². The fourth-order valence-corrected chi connectivity index (χ4v) is 1.91. The molecule has 0 aliphatic rings. The van der Waals surface area contributed by atoms with Crippen LogP contribution in [0.3, 0.4) is 0 Å². The van der Waals surface area contributed by atoms with Crippen molar-refractivity contribution in [2.75, 3.05) is 13.7 Å². The average Bonchev–Trinajstić information content (AvgIpc) is 2.35. The van der Waals surface area contributed by atoms with Crippen LogP contribution >= 0.6 is 15.9 Å². The van der Waals surface area contributed by atoms with E-state index in [4.69, 9.17) is 10.5 Å². The van der Waals surface area contributed by atoms with E-state index in [1.807, 2.05) is 39.0 Å². The topological polar surface area (TPSA) is 55.6 Å². The zero-order chi connectivity index (χ0) is 14.6. The summed E-state index contributed by atoms with van der Waals surface area (Å²) in [7, 11) is 1.77. The van der Waals surface area contributed by atoms with Gasteiger partial charge < -0.3 is 15.4 Å². The van der Waals surface area contributed by atoms with E-state index in [-0.39, 0.29) is 24.6 Å². The Morgan fingerprint density at radius 3 is 2.58 bits per heavy atom. The molecule has 0 spiro atoms. The maximum atomic E-state index is 11.9. The van der Waals surface area contributed by atoms with E-state index in [1.165, 1.54) is 0 Å². The number of amides is 1. The third-order valence-corrected chi connectivity index (χ3v) is 3.47. The maximum absolute atomic E-state index is 11.9. The normalized spacial score (nSPS) is 12.4. The Bertz CT molecular complexity index is 447. The quantitative estimate of drug-likeness (QED) is 0.904. The molecule has 5 heteroatoms. The van der Waals surface area contributed by atoms with E-state index < -0.39 is 0 Å². The Labute approximate surface area is 123 Å². The Morgan fingerprint density at radius 2 is 2.05 bits per heavy atom. The summed E-state index contributed by atoms with van der Waals surface area (Å²) in [5.41, 5.74) is 6.79. The number of benzene rings is 1. The number of rotatable bonds is 5. The van der Waals surface area contributed by atoms with Gasteiger partial charge in [-0.1, -0.05) is 15.9 Å². The second-order valence-corrected chi connectivity index (χ2v) is 5.77. The predicted molar refractivity (Wildman–Crippen MR) is 80.1 cm³/mol. The molecule has 0 unspecified atom stereocenters. The van der Waals surface area contributed by atoms with E-state index in [0.717, 1.165) is 10.0 Å². The molecule has 0 aromatic heterocycles. The number of halogens is 1. The van der Waals surface area contributed by atoms with Crippen molar-refractivity contribution in [1.82, 2.24) is 4.90 Å². The largest absolute Gasteiger partial charge is 0.483 e. The summed E-state index contributed by atoms with van der Waals surface area (Å²) < 4.78 is 6.54. The first kappa shape index (κ1) is 16.0. The first-order valence-corrected chi connectivity index (χ1v) is 7.05. The number of likely N-dealkylation sites (N-methyl/N-ethyl adjacent to an activating group) is 1. The summed E-state index contributed by atoms with van der Waals surface area (Å²) in [5, 5.41) is 0. The van der Waals surface area contributed by atoms with Crippen molar-refractivity contribution in [3.8, 4) is 5.75 Å². The number of nitrogens with zero attached hydrogens (tertiary/aromatic N) is 1. The van der Waals surface area contributed by atoms with Crippen molar-refractivity contribution >= 4 is 21.8 Å². The lowest BCUT2D eigenvalue weighted by Gasteiger charge is -2.22. The molecule has 0 heterocycles. The summed E-state index contributed by atoms with van der Waals surface area (Å²) in [6.45, 7) is 5.84. The molecule has 1 aromatic rings. The van der Waals surface area contributed by atoms with Gasteiger partial charge in [0.1, 0.15) is 5.75 Å². The van der Waals surface area contributed by atoms with Gasteiger partial charge in [0.25, 0.3) is 5.91 Å². The van der Waals surface area contributed by atoms with Crippen LogP contribution in [-0.4, -0.2) is 30.5 Å². The van der Waals surface area contributed by atoms with Crippen LogP contribution in [0.1, 0.15) is 32.4 Å². The highest BCUT2D eigenvalue weighted by molar-refractivity contribution is 9.10. The highest BCUT2D eigenvalue weighted by atomic mass is 79.9. The zero-order valence-electron chi connectivity index (χ0n) is 11.8. The fraction of sp³-hybridized carbons (Fsp3) is 0.500. The second-order valence-electron chi connectivity index (χ2n) is 4.86. The molecule has 0 saturated carbocycles. The molecule has 0 aliphatic heterocycles. The van der Waals surface area contributed by atoms with Crippen molar-refractivity contribution in [1.29, 1.82) is 0 Å². The molecule has 1 amide bonds. The van der Waals surface area contributed by atoms with Crippen LogP contribution in [0, 0.1) is 0 Å². The number of hydrogen-bond acceptors (Lipinski definition) is 3. The van der Waals surface area contributed by atoms with Crippen LogP contribution in [0.2, 0.25) is 0 Å². The van der Waals surface area contributed by atoms with Gasteiger partial charge in [-0.25, -0.2) is 0 Å². The van der Waals surface area contributed by atoms with E-state index in [9.17, 15) is 4.79 Å². The van der Waals surface area contributed by atoms with Crippen molar-refractivity contribution in [2.24, 2.45) is 5.73 Å². The van der Waals surface area contributed by atoms with Crippen molar-refractivity contribution in [3.63, 3.8) is 0 Å². The molecule has 1 aromatic carbocycles. The fourth-order valence-electron chi connectivity index (χ4n) is 1.54. The van der Waals surface area contributed by atoms with Gasteiger partial charge in [-0.2, -0.15) is 0 Å². The molecule has 0 fully saturated rings. The average molecular weight is 329 g/mol. The highest BCUT2D eigenvalue weighted by Gasteiger charge is 2.14. The number of carbonyl (C=O) groups excluding carboxylic acids is 1. The molecular weight excluding hydrogens is 308 g/mol. The molecule has 0 aliphatic carbocycles. The number of nitrogens with two attached hydrogens (primary N) is 1. The molecule has 4 nitrogen and oxygen atoms in total. The molecule has 1 atom stereocenters. The van der Waals surface area contributed by atoms with Gasteiger partial charge in [0.2, 0.25) is 0 Å². The summed E-state index contributed by atoms with van der Waals surface area (Å²) >= 11 is 3.40. The van der Waals surface area contributed by atoms with Gasteiger partial charge >= 0.3 is 0 Å². The number of carbonyl (C=O) groups is 1. The van der Waals surface area contributed by atoms with Gasteiger partial charge in [-0.15, -0.1) is 0 Å². The molecule has 0 saturated heterocycles. The second kappa shape index (κ2) is 6.91. The predicted octanol–water partition coefficient (Wildman–Crippen LogP) is 2.71. The summed E-state index contributed by atoms with van der Waals surface area (Å²) in [6, 6.07) is 5.62. The Balaban J connectivity index is 2.75. The third-order valence-electron chi connectivity index (χ3n) is 2.98. The first-order valence-electron chi connectivity index (χ1n) is 6.26. The lowest BCUT2D eigenvalue weighted by molar-refractivity contribution is -0.133. The molecule has 2 N–H and O–H groups in total. The molecule has 1 rings (SSSR count). The van der Waals surface area contributed by atoms with Crippen LogP contribution < -0.4 is 10.5 Å². The Morgan fingerprint density at radius 1 is 1.42 bits per heavy atom. The van der Waals surface area contributed by atoms with E-state index in [2.05, 4.69) is 15.9 Å². The van der Waals surface area contributed by atoms with Crippen molar-refractivity contribution < 1.29 is 9.53 Å². The van der Waals surface area contributed by atoms with Crippen LogP contribution in [0.4, 0.5) is 0 Å². The van der Waals surface area contributed by atoms with Crippen LogP contribution in [0.25, 0.3) is 0 Å². The summed E-state index contributed by atoms with van der Waals surface area (Å²) in [4.78, 5) is 13.5. The molecular formula is C14H21BrN2O2. The lowest BCUT2D eigenvalue weighted by atomic mass is 10.1. The minimum Gasteiger partial charge on any atom is -0.483 e. The SMILES string of the molecule is CC(C)N(C)C(=O)COc1ccc(Br)cc1[C@@H](C)N. The maximum Gasteiger partial charge on any atom is 0.260 e. The first-order chi connectivity index (χ1) is 8.82. The van der Waals surface area contributed by atoms with Crippen LogP contribution in [0.5, 0.6) is 5.75 Å². The van der Waals surface area contributed by atoms with E-state index in [1.54, 1.807) is 11.9 Å². The van der Waals surface area contributed by atoms with Crippen molar-refractivity contribution in [2.45, 2.75) is 32.9 Å².